The largest absolute Gasteiger partial charge is 0.368 e. The lowest BCUT2D eigenvalue weighted by Crippen LogP contribution is -2.45. The van der Waals surface area contributed by atoms with Crippen LogP contribution in [0.4, 0.5) is 10.1 Å². The lowest BCUT2D eigenvalue weighted by Gasteiger charge is -2.38. The summed E-state index contributed by atoms with van der Waals surface area (Å²) in [4.78, 5) is 16.0. The zero-order valence-corrected chi connectivity index (χ0v) is 15.0. The number of halogens is 1. The number of nitrogens with zero attached hydrogens (tertiary/aromatic N) is 2. The zero-order chi connectivity index (χ0) is 17.9. The van der Waals surface area contributed by atoms with Crippen LogP contribution in [0.3, 0.4) is 0 Å². The van der Waals surface area contributed by atoms with Crippen LogP contribution in [-0.2, 0) is 12.8 Å². The van der Waals surface area contributed by atoms with Gasteiger partial charge in [-0.25, -0.2) is 4.39 Å². The minimum atomic E-state index is -0.0953. The predicted octanol–water partition coefficient (Wildman–Crippen LogP) is 3.71. The molecule has 2 aliphatic heterocycles. The maximum absolute atomic E-state index is 13.8. The van der Waals surface area contributed by atoms with Crippen LogP contribution < -0.4 is 4.90 Å². The summed E-state index contributed by atoms with van der Waals surface area (Å²) in [7, 11) is 0. The molecule has 2 aliphatic rings. The summed E-state index contributed by atoms with van der Waals surface area (Å²) in [5.41, 5.74) is 4.18. The Hall–Kier alpha value is -2.20. The third kappa shape index (κ3) is 3.51. The quantitative estimate of drug-likeness (QED) is 0.767. The number of carbonyl (C=O) groups is 1. The van der Waals surface area contributed by atoms with E-state index in [-0.39, 0.29) is 5.82 Å². The molecule has 1 fully saturated rings. The Balaban J connectivity index is 1.33. The molecule has 136 valence electrons. The summed E-state index contributed by atoms with van der Waals surface area (Å²) in [6.07, 6.45) is 5.03. The number of aldehydes is 1. The highest BCUT2D eigenvalue weighted by Gasteiger charge is 2.29. The molecule has 0 saturated carbocycles. The van der Waals surface area contributed by atoms with E-state index >= 15 is 0 Å². The van der Waals surface area contributed by atoms with Crippen LogP contribution in [0.15, 0.2) is 42.5 Å². The summed E-state index contributed by atoms with van der Waals surface area (Å²) in [5.74, 6) is -0.0953. The number of carbonyl (C=O) groups excluding carboxylic acids is 1. The van der Waals surface area contributed by atoms with Gasteiger partial charge in [0, 0.05) is 43.5 Å². The molecule has 3 nitrogen and oxygen atoms in total. The molecule has 0 aliphatic carbocycles. The van der Waals surface area contributed by atoms with Crippen molar-refractivity contribution in [2.24, 2.45) is 0 Å². The molecule has 2 aromatic carbocycles. The van der Waals surface area contributed by atoms with Gasteiger partial charge in [0.05, 0.1) is 0 Å². The van der Waals surface area contributed by atoms with Gasteiger partial charge < -0.3 is 9.80 Å². The summed E-state index contributed by atoms with van der Waals surface area (Å²) < 4.78 is 13.8. The fourth-order valence-electron chi connectivity index (χ4n) is 4.31. The van der Waals surface area contributed by atoms with Gasteiger partial charge in [-0.1, -0.05) is 30.3 Å². The minimum Gasteiger partial charge on any atom is -0.368 e. The topological polar surface area (TPSA) is 23.6 Å². The normalized spacial score (nSPS) is 18.1. The Kier molecular flexibility index (Phi) is 5.02. The molecule has 2 aromatic rings. The van der Waals surface area contributed by atoms with Crippen molar-refractivity contribution >= 4 is 12.0 Å². The van der Waals surface area contributed by atoms with E-state index in [1.54, 1.807) is 12.1 Å². The molecule has 0 spiro atoms. The molecule has 0 atom stereocenters. The third-order valence-electron chi connectivity index (χ3n) is 5.83. The highest BCUT2D eigenvalue weighted by Crippen LogP contribution is 2.33. The molecule has 0 bridgehead atoms. The highest BCUT2D eigenvalue weighted by molar-refractivity contribution is 5.78. The van der Waals surface area contributed by atoms with E-state index in [2.05, 4.69) is 15.9 Å². The van der Waals surface area contributed by atoms with Crippen LogP contribution in [-0.4, -0.2) is 43.4 Å². The van der Waals surface area contributed by atoms with Crippen molar-refractivity contribution in [1.82, 2.24) is 4.90 Å². The van der Waals surface area contributed by atoms with Crippen molar-refractivity contribution in [2.75, 3.05) is 31.1 Å². The fourth-order valence-corrected chi connectivity index (χ4v) is 4.31. The van der Waals surface area contributed by atoms with Gasteiger partial charge in [-0.3, -0.25) is 4.79 Å². The second-order valence-corrected chi connectivity index (χ2v) is 7.36. The first-order valence-corrected chi connectivity index (χ1v) is 9.55. The predicted molar refractivity (Wildman–Crippen MR) is 102 cm³/mol. The van der Waals surface area contributed by atoms with E-state index in [0.717, 1.165) is 69.3 Å². The summed E-state index contributed by atoms with van der Waals surface area (Å²) in [6, 6.07) is 13.7. The number of anilines is 1. The molecule has 4 rings (SSSR count). The maximum Gasteiger partial charge on any atom is 0.150 e. The van der Waals surface area contributed by atoms with Gasteiger partial charge >= 0.3 is 0 Å². The van der Waals surface area contributed by atoms with Gasteiger partial charge in [0.2, 0.25) is 0 Å². The molecular weight excluding hydrogens is 327 g/mol. The molecule has 0 aromatic heterocycles. The second-order valence-electron chi connectivity index (χ2n) is 7.36. The number of hydrogen-bond acceptors (Lipinski definition) is 3. The second kappa shape index (κ2) is 7.58. The van der Waals surface area contributed by atoms with Crippen molar-refractivity contribution in [1.29, 1.82) is 0 Å². The van der Waals surface area contributed by atoms with Crippen molar-refractivity contribution in [3.63, 3.8) is 0 Å². The van der Waals surface area contributed by atoms with E-state index in [0.29, 0.717) is 6.04 Å². The first-order chi connectivity index (χ1) is 12.7. The first kappa shape index (κ1) is 17.2. The first-order valence-electron chi connectivity index (χ1n) is 9.55. The molecule has 2 heterocycles. The number of hydrogen-bond donors (Lipinski definition) is 0. The molecule has 0 amide bonds. The summed E-state index contributed by atoms with van der Waals surface area (Å²) in [5, 5.41) is 0. The van der Waals surface area contributed by atoms with E-state index in [1.807, 2.05) is 24.3 Å². The van der Waals surface area contributed by atoms with E-state index in [9.17, 15) is 9.18 Å². The average molecular weight is 352 g/mol. The lowest BCUT2D eigenvalue weighted by atomic mass is 10.0. The Morgan fingerprint density at radius 3 is 2.65 bits per heavy atom. The Labute approximate surface area is 154 Å². The number of piperidine rings is 1. The van der Waals surface area contributed by atoms with E-state index in [4.69, 9.17) is 0 Å². The third-order valence-corrected chi connectivity index (χ3v) is 5.83. The van der Waals surface area contributed by atoms with Crippen LogP contribution in [0, 0.1) is 5.82 Å². The van der Waals surface area contributed by atoms with Crippen molar-refractivity contribution in [2.45, 2.75) is 31.7 Å². The Morgan fingerprint density at radius 1 is 1.08 bits per heavy atom. The van der Waals surface area contributed by atoms with Crippen molar-refractivity contribution in [3.05, 3.63) is 65.0 Å². The lowest BCUT2D eigenvalue weighted by molar-refractivity contribution is 0.112. The van der Waals surface area contributed by atoms with Crippen LogP contribution in [0.25, 0.3) is 0 Å². The van der Waals surface area contributed by atoms with Gasteiger partial charge in [-0.15, -0.1) is 0 Å². The molecular formula is C22H25FN2O. The van der Waals surface area contributed by atoms with Gasteiger partial charge in [0.25, 0.3) is 0 Å². The van der Waals surface area contributed by atoms with Crippen LogP contribution in [0.5, 0.6) is 0 Å². The van der Waals surface area contributed by atoms with Crippen molar-refractivity contribution in [3.8, 4) is 0 Å². The minimum absolute atomic E-state index is 0.0953. The van der Waals surface area contributed by atoms with Crippen LogP contribution in [0.1, 0.15) is 34.3 Å². The SMILES string of the molecule is O=Cc1ccc2c(c1)N(C1CCN(CCc3ccccc3F)CC1)CC2. The number of likely N-dealkylation sites (tertiary alicyclic amines) is 1. The van der Waals surface area contributed by atoms with Gasteiger partial charge in [0.15, 0.2) is 0 Å². The van der Waals surface area contributed by atoms with Crippen LogP contribution >= 0.6 is 0 Å². The zero-order valence-electron chi connectivity index (χ0n) is 15.0. The molecule has 0 radical (unpaired) electrons. The molecule has 0 N–H and O–H groups in total. The van der Waals surface area contributed by atoms with E-state index < -0.39 is 0 Å². The van der Waals surface area contributed by atoms with Crippen molar-refractivity contribution < 1.29 is 9.18 Å². The van der Waals surface area contributed by atoms with Gasteiger partial charge in [-0.2, -0.15) is 0 Å². The van der Waals surface area contributed by atoms with Crippen LogP contribution in [0.2, 0.25) is 0 Å². The Morgan fingerprint density at radius 2 is 1.88 bits per heavy atom. The highest BCUT2D eigenvalue weighted by atomic mass is 19.1. The molecule has 26 heavy (non-hydrogen) atoms. The Bertz CT molecular complexity index is 783. The van der Waals surface area contributed by atoms with Gasteiger partial charge in [0.1, 0.15) is 12.1 Å². The van der Waals surface area contributed by atoms with Gasteiger partial charge in [-0.05, 0) is 48.9 Å². The molecule has 4 heteroatoms. The average Bonchev–Trinajstić information content (AvgIpc) is 3.11. The standard InChI is InChI=1S/C22H25FN2O/c23-21-4-2-1-3-18(21)7-11-24-12-9-20(10-13-24)25-14-8-19-6-5-17(16-26)15-22(19)25/h1-6,15-16,20H,7-14H2. The molecule has 1 saturated heterocycles. The smallest absolute Gasteiger partial charge is 0.150 e. The number of benzene rings is 2. The fraction of sp³-hybridized carbons (Fsp3) is 0.409. The summed E-state index contributed by atoms with van der Waals surface area (Å²) >= 11 is 0. The number of rotatable bonds is 5. The molecule has 0 unspecified atom stereocenters. The maximum atomic E-state index is 13.8. The summed E-state index contributed by atoms with van der Waals surface area (Å²) in [6.45, 7) is 4.08. The number of fused-ring (bicyclic) bond motifs is 1. The monoisotopic (exact) mass is 352 g/mol. The van der Waals surface area contributed by atoms with E-state index in [1.165, 1.54) is 11.3 Å².